The lowest BCUT2D eigenvalue weighted by Gasteiger charge is -2.16. The molecule has 6 nitrogen and oxygen atoms in total. The lowest BCUT2D eigenvalue weighted by Crippen LogP contribution is -2.29. The number of anilines is 1. The molecule has 1 aliphatic carbocycles. The molecule has 1 N–H and O–H groups in total. The average molecular weight is 290 g/mol. The van der Waals surface area contributed by atoms with Crippen molar-refractivity contribution >= 4 is 11.7 Å². The minimum absolute atomic E-state index is 0.222. The highest BCUT2D eigenvalue weighted by Gasteiger charge is 2.29. The zero-order chi connectivity index (χ0) is 14.7. The lowest BCUT2D eigenvalue weighted by atomic mass is 10.1. The Bertz CT molecular complexity index is 504. The van der Waals surface area contributed by atoms with Gasteiger partial charge in [-0.1, -0.05) is 0 Å². The smallest absolute Gasteiger partial charge is 0.223 e. The van der Waals surface area contributed by atoms with E-state index in [4.69, 9.17) is 4.74 Å². The lowest BCUT2D eigenvalue weighted by molar-refractivity contribution is -0.128. The molecular weight excluding hydrogens is 268 g/mol. The predicted molar refractivity (Wildman–Crippen MR) is 79.1 cm³/mol. The molecule has 0 aromatic carbocycles. The van der Waals surface area contributed by atoms with Crippen LogP contribution in [-0.4, -0.2) is 54.1 Å². The molecule has 0 radical (unpaired) electrons. The van der Waals surface area contributed by atoms with Gasteiger partial charge in [0.25, 0.3) is 0 Å². The van der Waals surface area contributed by atoms with Gasteiger partial charge in [-0.15, -0.1) is 0 Å². The number of nitrogens with one attached hydrogen (secondary N) is 1. The third kappa shape index (κ3) is 3.69. The van der Waals surface area contributed by atoms with Gasteiger partial charge in [0.2, 0.25) is 5.91 Å². The van der Waals surface area contributed by atoms with Crippen molar-refractivity contribution in [2.45, 2.75) is 25.2 Å². The van der Waals surface area contributed by atoms with Crippen LogP contribution in [0.2, 0.25) is 0 Å². The zero-order valence-electron chi connectivity index (χ0n) is 12.4. The number of methoxy groups -OCH3 is 1. The van der Waals surface area contributed by atoms with E-state index < -0.39 is 0 Å². The molecule has 1 aromatic heterocycles. The van der Waals surface area contributed by atoms with Crippen molar-refractivity contribution < 1.29 is 9.53 Å². The fraction of sp³-hybridized carbons (Fsp3) is 0.667. The predicted octanol–water partition coefficient (Wildman–Crippen LogP) is 1.26. The number of nitrogens with zero attached hydrogens (tertiary/aromatic N) is 3. The van der Waals surface area contributed by atoms with Crippen LogP contribution in [0, 0.1) is 5.92 Å². The summed E-state index contributed by atoms with van der Waals surface area (Å²) in [7, 11) is 1.66. The second-order valence-electron chi connectivity index (χ2n) is 5.89. The number of amides is 1. The molecule has 1 aliphatic heterocycles. The molecule has 2 aliphatic rings. The molecule has 1 aromatic rings. The number of hydrogen-bond acceptors (Lipinski definition) is 5. The molecule has 21 heavy (non-hydrogen) atoms. The van der Waals surface area contributed by atoms with Crippen LogP contribution in [-0.2, 0) is 9.53 Å². The van der Waals surface area contributed by atoms with Crippen molar-refractivity contribution in [2.75, 3.05) is 38.7 Å². The number of likely N-dealkylation sites (tertiary alicyclic amines) is 1. The Kier molecular flexibility index (Phi) is 4.34. The molecule has 2 heterocycles. The standard InChI is InChI=1S/C15H22N4O2/c1-21-5-4-19-9-11(6-15(19)20)8-16-14-7-13(12-2-3-12)17-10-18-14/h7,10-12H,2-6,8-9H2,1H3,(H,16,17,18)/t11-/m1/s1. The Labute approximate surface area is 124 Å². The molecule has 1 saturated carbocycles. The summed E-state index contributed by atoms with van der Waals surface area (Å²) in [6.45, 7) is 2.86. The van der Waals surface area contributed by atoms with Gasteiger partial charge in [-0.05, 0) is 12.8 Å². The van der Waals surface area contributed by atoms with Crippen molar-refractivity contribution in [1.82, 2.24) is 14.9 Å². The summed E-state index contributed by atoms with van der Waals surface area (Å²) in [5, 5.41) is 3.35. The Balaban J connectivity index is 1.49. The Morgan fingerprint density at radius 2 is 2.29 bits per heavy atom. The summed E-state index contributed by atoms with van der Waals surface area (Å²) in [5.74, 6) is 2.06. The van der Waals surface area contributed by atoms with Crippen molar-refractivity contribution in [3.8, 4) is 0 Å². The van der Waals surface area contributed by atoms with E-state index in [1.807, 2.05) is 11.0 Å². The average Bonchev–Trinajstić information content (AvgIpc) is 3.28. The van der Waals surface area contributed by atoms with E-state index in [0.717, 1.165) is 24.6 Å². The van der Waals surface area contributed by atoms with Crippen LogP contribution in [0.1, 0.15) is 30.9 Å². The molecule has 0 bridgehead atoms. The van der Waals surface area contributed by atoms with Gasteiger partial charge in [0, 0.05) is 56.8 Å². The second kappa shape index (κ2) is 6.39. The monoisotopic (exact) mass is 290 g/mol. The van der Waals surface area contributed by atoms with Crippen LogP contribution in [0.15, 0.2) is 12.4 Å². The van der Waals surface area contributed by atoms with Crippen molar-refractivity contribution in [2.24, 2.45) is 5.92 Å². The maximum Gasteiger partial charge on any atom is 0.223 e. The number of hydrogen-bond donors (Lipinski definition) is 1. The molecule has 1 atom stereocenters. The van der Waals surface area contributed by atoms with Crippen LogP contribution < -0.4 is 5.32 Å². The van der Waals surface area contributed by atoms with Crippen molar-refractivity contribution in [1.29, 1.82) is 0 Å². The third-order valence-corrected chi connectivity index (χ3v) is 4.12. The summed E-state index contributed by atoms with van der Waals surface area (Å²) in [6.07, 6.45) is 4.71. The minimum Gasteiger partial charge on any atom is -0.383 e. The van der Waals surface area contributed by atoms with Crippen molar-refractivity contribution in [3.05, 3.63) is 18.1 Å². The normalized spacial score (nSPS) is 21.9. The van der Waals surface area contributed by atoms with E-state index in [1.54, 1.807) is 13.4 Å². The van der Waals surface area contributed by atoms with E-state index in [-0.39, 0.29) is 5.91 Å². The fourth-order valence-corrected chi connectivity index (χ4v) is 2.73. The molecule has 1 amide bonds. The largest absolute Gasteiger partial charge is 0.383 e. The molecule has 6 heteroatoms. The van der Waals surface area contributed by atoms with Crippen LogP contribution in [0.25, 0.3) is 0 Å². The van der Waals surface area contributed by atoms with E-state index in [9.17, 15) is 4.79 Å². The Morgan fingerprint density at radius 1 is 1.43 bits per heavy atom. The molecule has 114 valence electrons. The first-order valence-electron chi connectivity index (χ1n) is 7.59. The number of aromatic nitrogens is 2. The van der Waals surface area contributed by atoms with E-state index in [2.05, 4.69) is 15.3 Å². The van der Waals surface area contributed by atoms with Crippen molar-refractivity contribution in [3.63, 3.8) is 0 Å². The molecular formula is C15H22N4O2. The highest BCUT2D eigenvalue weighted by atomic mass is 16.5. The van der Waals surface area contributed by atoms with Gasteiger partial charge in [-0.25, -0.2) is 9.97 Å². The molecule has 0 spiro atoms. The van der Waals surface area contributed by atoms with Crippen LogP contribution in [0.4, 0.5) is 5.82 Å². The molecule has 2 fully saturated rings. The van der Waals surface area contributed by atoms with E-state index in [0.29, 0.717) is 31.4 Å². The minimum atomic E-state index is 0.222. The van der Waals surface area contributed by atoms with E-state index in [1.165, 1.54) is 12.8 Å². The van der Waals surface area contributed by atoms with Gasteiger partial charge in [-0.3, -0.25) is 4.79 Å². The zero-order valence-corrected chi connectivity index (χ0v) is 12.4. The SMILES string of the molecule is COCCN1C[C@@H](CNc2cc(C3CC3)ncn2)CC1=O. The molecule has 3 rings (SSSR count). The highest BCUT2D eigenvalue weighted by molar-refractivity contribution is 5.78. The quantitative estimate of drug-likeness (QED) is 0.819. The van der Waals surface area contributed by atoms with E-state index >= 15 is 0 Å². The molecule has 0 unspecified atom stereocenters. The number of carbonyl (C=O) groups is 1. The van der Waals surface area contributed by atoms with Gasteiger partial charge in [0.15, 0.2) is 0 Å². The number of ether oxygens (including phenoxy) is 1. The summed E-state index contributed by atoms with van der Waals surface area (Å²) < 4.78 is 5.03. The first-order chi connectivity index (χ1) is 10.3. The third-order valence-electron chi connectivity index (χ3n) is 4.12. The van der Waals surface area contributed by atoms with Gasteiger partial charge in [0.1, 0.15) is 12.1 Å². The summed E-state index contributed by atoms with van der Waals surface area (Å²) >= 11 is 0. The summed E-state index contributed by atoms with van der Waals surface area (Å²) in [4.78, 5) is 22.3. The fourth-order valence-electron chi connectivity index (χ4n) is 2.73. The van der Waals surface area contributed by atoms with Crippen LogP contribution >= 0.6 is 0 Å². The summed E-state index contributed by atoms with van der Waals surface area (Å²) in [5.41, 5.74) is 1.14. The van der Waals surface area contributed by atoms with Gasteiger partial charge < -0.3 is 15.0 Å². The maximum absolute atomic E-state index is 11.9. The van der Waals surface area contributed by atoms with Gasteiger partial charge in [-0.2, -0.15) is 0 Å². The second-order valence-corrected chi connectivity index (χ2v) is 5.89. The number of carbonyl (C=O) groups excluding carboxylic acids is 1. The Hall–Kier alpha value is -1.69. The molecule has 1 saturated heterocycles. The van der Waals surface area contributed by atoms with Gasteiger partial charge in [0.05, 0.1) is 6.61 Å². The summed E-state index contributed by atoms with van der Waals surface area (Å²) in [6, 6.07) is 2.04. The van der Waals surface area contributed by atoms with Crippen LogP contribution in [0.5, 0.6) is 0 Å². The number of rotatable bonds is 7. The first-order valence-corrected chi connectivity index (χ1v) is 7.59. The topological polar surface area (TPSA) is 67.3 Å². The first kappa shape index (κ1) is 14.3. The highest BCUT2D eigenvalue weighted by Crippen LogP contribution is 2.39. The van der Waals surface area contributed by atoms with Gasteiger partial charge >= 0.3 is 0 Å². The van der Waals surface area contributed by atoms with Crippen LogP contribution in [0.3, 0.4) is 0 Å². The Morgan fingerprint density at radius 3 is 3.05 bits per heavy atom. The maximum atomic E-state index is 11.9.